The first-order valence-electron chi connectivity index (χ1n) is 8.34. The summed E-state index contributed by atoms with van der Waals surface area (Å²) in [5.74, 6) is -0.489. The lowest BCUT2D eigenvalue weighted by molar-refractivity contribution is -0.384. The van der Waals surface area contributed by atoms with Crippen LogP contribution < -0.4 is 5.32 Å². The number of non-ortho nitro benzene ring substituents is 1. The molecule has 0 aliphatic heterocycles. The minimum Gasteiger partial charge on any atom is -0.452 e. The summed E-state index contributed by atoms with van der Waals surface area (Å²) in [5.41, 5.74) is 0.608. The van der Waals surface area contributed by atoms with Gasteiger partial charge in [0.15, 0.2) is 6.61 Å². The number of nitrogens with zero attached hydrogens (tertiary/aromatic N) is 1. The molecule has 0 spiro atoms. The number of carbonyl (C=O) groups excluding carboxylic acids is 2. The summed E-state index contributed by atoms with van der Waals surface area (Å²) in [4.78, 5) is 33.6. The van der Waals surface area contributed by atoms with Crippen molar-refractivity contribution in [2.75, 3.05) is 6.61 Å². The van der Waals surface area contributed by atoms with Crippen molar-refractivity contribution in [1.29, 1.82) is 0 Å². The maximum Gasteiger partial charge on any atom is 0.331 e. The Morgan fingerprint density at radius 1 is 1.28 bits per heavy atom. The Hall–Kier alpha value is -2.70. The first kappa shape index (κ1) is 18.6. The molecule has 25 heavy (non-hydrogen) atoms. The van der Waals surface area contributed by atoms with Crippen LogP contribution in [0.2, 0.25) is 0 Å². The molecule has 1 fully saturated rings. The second-order valence-electron chi connectivity index (χ2n) is 6.23. The van der Waals surface area contributed by atoms with E-state index in [1.807, 2.05) is 0 Å². The van der Waals surface area contributed by atoms with E-state index < -0.39 is 10.9 Å². The summed E-state index contributed by atoms with van der Waals surface area (Å²) in [6.45, 7) is 1.80. The maximum absolute atomic E-state index is 11.9. The van der Waals surface area contributed by atoms with E-state index in [1.54, 1.807) is 0 Å². The van der Waals surface area contributed by atoms with Crippen LogP contribution in [0.4, 0.5) is 5.69 Å². The lowest BCUT2D eigenvalue weighted by Gasteiger charge is -2.29. The molecule has 0 radical (unpaired) electrons. The monoisotopic (exact) mass is 346 g/mol. The summed E-state index contributed by atoms with van der Waals surface area (Å²) in [6, 6.07) is 5.90. The van der Waals surface area contributed by atoms with Crippen molar-refractivity contribution < 1.29 is 19.2 Å². The van der Waals surface area contributed by atoms with Gasteiger partial charge in [0.2, 0.25) is 0 Å². The predicted molar refractivity (Wildman–Crippen MR) is 92.7 cm³/mol. The Bertz CT molecular complexity index is 654. The Morgan fingerprint density at radius 2 is 1.96 bits per heavy atom. The predicted octanol–water partition coefficient (Wildman–Crippen LogP) is 2.85. The van der Waals surface area contributed by atoms with E-state index in [0.717, 1.165) is 19.3 Å². The summed E-state index contributed by atoms with van der Waals surface area (Å²) < 4.78 is 4.92. The van der Waals surface area contributed by atoms with Gasteiger partial charge < -0.3 is 10.1 Å². The molecular weight excluding hydrogens is 324 g/mol. The number of nitrogens with one attached hydrogen (secondary N) is 1. The quantitative estimate of drug-likeness (QED) is 0.370. The van der Waals surface area contributed by atoms with Crippen molar-refractivity contribution in [3.8, 4) is 0 Å². The van der Waals surface area contributed by atoms with Gasteiger partial charge in [-0.25, -0.2) is 4.79 Å². The van der Waals surface area contributed by atoms with Gasteiger partial charge in [0, 0.05) is 24.3 Å². The largest absolute Gasteiger partial charge is 0.452 e. The van der Waals surface area contributed by atoms with Crippen LogP contribution in [-0.2, 0) is 14.3 Å². The smallest absolute Gasteiger partial charge is 0.331 e. The number of carbonyl (C=O) groups is 2. The Labute approximate surface area is 146 Å². The minimum atomic E-state index is -0.634. The molecule has 0 unspecified atom stereocenters. The Balaban J connectivity index is 1.75. The van der Waals surface area contributed by atoms with Gasteiger partial charge in [-0.2, -0.15) is 0 Å². The van der Waals surface area contributed by atoms with Crippen molar-refractivity contribution in [2.24, 2.45) is 5.92 Å². The molecule has 2 rings (SSSR count). The lowest BCUT2D eigenvalue weighted by Crippen LogP contribution is -2.42. The fourth-order valence-corrected chi connectivity index (χ4v) is 2.84. The number of nitro benzene ring substituents is 1. The van der Waals surface area contributed by atoms with E-state index in [2.05, 4.69) is 12.2 Å². The van der Waals surface area contributed by atoms with Crippen LogP contribution in [0.15, 0.2) is 30.3 Å². The first-order valence-corrected chi connectivity index (χ1v) is 8.34. The minimum absolute atomic E-state index is 0.0201. The lowest BCUT2D eigenvalue weighted by atomic mass is 9.86. The fourth-order valence-electron chi connectivity index (χ4n) is 2.84. The van der Waals surface area contributed by atoms with Crippen LogP contribution in [0.1, 0.15) is 38.2 Å². The van der Waals surface area contributed by atoms with E-state index >= 15 is 0 Å². The van der Waals surface area contributed by atoms with Crippen molar-refractivity contribution >= 4 is 23.6 Å². The van der Waals surface area contributed by atoms with Gasteiger partial charge in [0.1, 0.15) is 0 Å². The van der Waals surface area contributed by atoms with Crippen LogP contribution in [-0.4, -0.2) is 29.4 Å². The average Bonchev–Trinajstić information content (AvgIpc) is 2.60. The highest BCUT2D eigenvalue weighted by Gasteiger charge is 2.22. The van der Waals surface area contributed by atoms with Crippen molar-refractivity contribution in [3.05, 3.63) is 46.0 Å². The van der Waals surface area contributed by atoms with Crippen LogP contribution in [0.3, 0.4) is 0 Å². The molecule has 0 saturated heterocycles. The normalized spacial score (nSPS) is 20.2. The number of ether oxygens (including phenoxy) is 1. The highest BCUT2D eigenvalue weighted by Crippen LogP contribution is 2.23. The fraction of sp³-hybridized carbons (Fsp3) is 0.444. The van der Waals surface area contributed by atoms with E-state index in [-0.39, 0.29) is 24.2 Å². The second kappa shape index (κ2) is 8.96. The second-order valence-corrected chi connectivity index (χ2v) is 6.23. The van der Waals surface area contributed by atoms with Crippen molar-refractivity contribution in [2.45, 2.75) is 38.6 Å². The van der Waals surface area contributed by atoms with Gasteiger partial charge in [-0.3, -0.25) is 14.9 Å². The number of hydrogen-bond donors (Lipinski definition) is 1. The molecule has 2 atom stereocenters. The van der Waals surface area contributed by atoms with Crippen LogP contribution in [0.5, 0.6) is 0 Å². The topological polar surface area (TPSA) is 98.5 Å². The van der Waals surface area contributed by atoms with E-state index in [9.17, 15) is 19.7 Å². The summed E-state index contributed by atoms with van der Waals surface area (Å²) in [5, 5.41) is 13.5. The summed E-state index contributed by atoms with van der Waals surface area (Å²) >= 11 is 0. The zero-order chi connectivity index (χ0) is 18.2. The van der Waals surface area contributed by atoms with Gasteiger partial charge in [-0.05, 0) is 42.5 Å². The molecule has 1 amide bonds. The first-order chi connectivity index (χ1) is 12.0. The SMILES string of the molecule is C[C@H]1CCCC[C@@H]1NC(=O)COC(=O)/C=C/c1ccc([N+](=O)[O-])cc1. The molecule has 134 valence electrons. The van der Waals surface area contributed by atoms with Gasteiger partial charge >= 0.3 is 5.97 Å². The molecule has 1 aliphatic rings. The van der Waals surface area contributed by atoms with Crippen LogP contribution >= 0.6 is 0 Å². The van der Waals surface area contributed by atoms with E-state index in [1.165, 1.54) is 42.8 Å². The molecule has 0 heterocycles. The molecule has 7 heteroatoms. The number of rotatable bonds is 6. The van der Waals surface area contributed by atoms with Gasteiger partial charge in [-0.15, -0.1) is 0 Å². The maximum atomic E-state index is 11.9. The number of hydrogen-bond acceptors (Lipinski definition) is 5. The molecule has 7 nitrogen and oxygen atoms in total. The third kappa shape index (κ3) is 6.02. The third-order valence-corrected chi connectivity index (χ3v) is 4.32. The number of nitro groups is 1. The standard InChI is InChI=1S/C18H22N2O5/c1-13-4-2-3-5-16(13)19-17(21)12-25-18(22)11-8-14-6-9-15(10-7-14)20(23)24/h6-11,13,16H,2-5,12H2,1H3,(H,19,21)/b11-8+/t13-,16-/m0/s1. The van der Waals surface area contributed by atoms with Crippen LogP contribution in [0, 0.1) is 16.0 Å². The van der Waals surface area contributed by atoms with Gasteiger partial charge in [-0.1, -0.05) is 19.8 Å². The summed E-state index contributed by atoms with van der Waals surface area (Å²) in [7, 11) is 0. The Morgan fingerprint density at radius 3 is 2.60 bits per heavy atom. The number of amides is 1. The molecule has 1 N–H and O–H groups in total. The van der Waals surface area contributed by atoms with Gasteiger partial charge in [0.05, 0.1) is 4.92 Å². The molecule has 1 saturated carbocycles. The molecule has 1 aliphatic carbocycles. The highest BCUT2D eigenvalue weighted by molar-refractivity contribution is 5.89. The molecule has 1 aromatic rings. The molecule has 1 aromatic carbocycles. The molecular formula is C18H22N2O5. The number of benzene rings is 1. The van der Waals surface area contributed by atoms with Crippen molar-refractivity contribution in [3.63, 3.8) is 0 Å². The zero-order valence-electron chi connectivity index (χ0n) is 14.1. The van der Waals surface area contributed by atoms with Gasteiger partial charge in [0.25, 0.3) is 11.6 Å². The third-order valence-electron chi connectivity index (χ3n) is 4.32. The molecule has 0 aromatic heterocycles. The zero-order valence-corrected chi connectivity index (χ0v) is 14.1. The van der Waals surface area contributed by atoms with Crippen LogP contribution in [0.25, 0.3) is 6.08 Å². The number of esters is 1. The average molecular weight is 346 g/mol. The van der Waals surface area contributed by atoms with E-state index in [4.69, 9.17) is 4.74 Å². The molecule has 0 bridgehead atoms. The van der Waals surface area contributed by atoms with Crippen molar-refractivity contribution in [1.82, 2.24) is 5.32 Å². The highest BCUT2D eigenvalue weighted by atomic mass is 16.6. The van der Waals surface area contributed by atoms with E-state index in [0.29, 0.717) is 11.5 Å². The summed E-state index contributed by atoms with van der Waals surface area (Å²) in [6.07, 6.45) is 7.03. The Kier molecular flexibility index (Phi) is 6.68.